The number of nitrogens with two attached hydrogens (primary N) is 1. The van der Waals surface area contributed by atoms with E-state index >= 15 is 0 Å². The lowest BCUT2D eigenvalue weighted by Crippen LogP contribution is -2.18. The van der Waals surface area contributed by atoms with Crippen LogP contribution in [0.3, 0.4) is 0 Å². The maximum absolute atomic E-state index is 5.86. The summed E-state index contributed by atoms with van der Waals surface area (Å²) < 4.78 is 2.09. The molecule has 0 fully saturated rings. The zero-order valence-corrected chi connectivity index (χ0v) is 13.0. The van der Waals surface area contributed by atoms with Crippen LogP contribution >= 0.6 is 23.6 Å². The average molecular weight is 301 g/mol. The zero-order valence-electron chi connectivity index (χ0n) is 11.3. The van der Waals surface area contributed by atoms with Crippen molar-refractivity contribution >= 4 is 34.2 Å². The van der Waals surface area contributed by atoms with Crippen LogP contribution in [0.5, 0.6) is 0 Å². The minimum absolute atomic E-state index is 0.0141. The van der Waals surface area contributed by atoms with Gasteiger partial charge in [-0.05, 0) is 36.1 Å². The lowest BCUT2D eigenvalue weighted by molar-refractivity contribution is 0.929. The number of aryl methyl sites for hydroxylation is 1. The lowest BCUT2D eigenvalue weighted by Gasteiger charge is -2.11. The van der Waals surface area contributed by atoms with Gasteiger partial charge in [-0.25, -0.2) is 4.98 Å². The number of fused-ring (bicyclic) bond motifs is 1. The first-order valence-electron chi connectivity index (χ1n) is 6.39. The van der Waals surface area contributed by atoms with Crippen LogP contribution < -0.4 is 5.73 Å². The van der Waals surface area contributed by atoms with E-state index in [4.69, 9.17) is 22.9 Å². The Morgan fingerprint density at radius 1 is 1.45 bits per heavy atom. The number of thiophene rings is 1. The summed E-state index contributed by atoms with van der Waals surface area (Å²) in [4.78, 5) is 6.41. The van der Waals surface area contributed by atoms with Crippen LogP contribution in [0.1, 0.15) is 24.1 Å². The van der Waals surface area contributed by atoms with Gasteiger partial charge in [0, 0.05) is 12.1 Å². The van der Waals surface area contributed by atoms with E-state index in [0.717, 1.165) is 21.9 Å². The summed E-state index contributed by atoms with van der Waals surface area (Å²) in [6.07, 6.45) is 2.04. The van der Waals surface area contributed by atoms with Gasteiger partial charge in [-0.2, -0.15) is 0 Å². The number of rotatable bonds is 3. The smallest absolute Gasteiger partial charge is 0.137 e. The summed E-state index contributed by atoms with van der Waals surface area (Å²) in [5.74, 6) is -0.0141. The van der Waals surface area contributed by atoms with Crippen molar-refractivity contribution in [3.05, 3.63) is 47.1 Å². The van der Waals surface area contributed by atoms with E-state index in [2.05, 4.69) is 34.9 Å². The zero-order chi connectivity index (χ0) is 14.3. The van der Waals surface area contributed by atoms with Gasteiger partial charge in [-0.1, -0.05) is 25.2 Å². The van der Waals surface area contributed by atoms with E-state index in [-0.39, 0.29) is 5.92 Å². The van der Waals surface area contributed by atoms with Crippen LogP contribution in [0.2, 0.25) is 0 Å². The molecule has 3 aromatic rings. The molecule has 0 bridgehead atoms. The third-order valence-corrected chi connectivity index (χ3v) is 4.64. The molecule has 0 radical (unpaired) electrons. The molecule has 20 heavy (non-hydrogen) atoms. The topological polar surface area (TPSA) is 43.3 Å². The molecule has 3 nitrogen and oxygen atoms in total. The highest BCUT2D eigenvalue weighted by Crippen LogP contribution is 2.33. The molecule has 1 unspecified atom stereocenters. The van der Waals surface area contributed by atoms with Gasteiger partial charge in [0.2, 0.25) is 0 Å². The lowest BCUT2D eigenvalue weighted by atomic mass is 10.1. The molecule has 3 rings (SSSR count). The molecular weight excluding hydrogens is 286 g/mol. The van der Waals surface area contributed by atoms with Crippen molar-refractivity contribution in [2.24, 2.45) is 5.73 Å². The van der Waals surface area contributed by atoms with Crippen molar-refractivity contribution in [3.8, 4) is 10.6 Å². The fourth-order valence-electron chi connectivity index (χ4n) is 2.31. The Kier molecular flexibility index (Phi) is 3.31. The van der Waals surface area contributed by atoms with Crippen molar-refractivity contribution < 1.29 is 0 Å². The van der Waals surface area contributed by atoms with Crippen molar-refractivity contribution in [1.29, 1.82) is 0 Å². The molecule has 0 aliphatic carbocycles. The monoisotopic (exact) mass is 301 g/mol. The second-order valence-corrected chi connectivity index (χ2v) is 6.30. The Balaban J connectivity index is 2.32. The Morgan fingerprint density at radius 3 is 2.90 bits per heavy atom. The fourth-order valence-corrected chi connectivity index (χ4v) is 3.14. The first-order chi connectivity index (χ1) is 9.58. The molecule has 3 heterocycles. The van der Waals surface area contributed by atoms with Gasteiger partial charge >= 0.3 is 0 Å². The van der Waals surface area contributed by atoms with Gasteiger partial charge in [0.1, 0.15) is 11.3 Å². The highest BCUT2D eigenvalue weighted by Gasteiger charge is 2.21. The Bertz CT molecular complexity index is 772. The summed E-state index contributed by atoms with van der Waals surface area (Å²) >= 11 is 6.86. The number of hydrogen-bond acceptors (Lipinski definition) is 3. The van der Waals surface area contributed by atoms with E-state index in [0.29, 0.717) is 4.99 Å². The number of nitrogens with zero attached hydrogens (tertiary/aromatic N) is 2. The Hall–Kier alpha value is -1.72. The number of pyridine rings is 1. The fraction of sp³-hybridized carbons (Fsp3) is 0.200. The largest absolute Gasteiger partial charge is 0.393 e. The molecule has 3 aromatic heterocycles. The molecule has 0 spiro atoms. The first kappa shape index (κ1) is 13.3. The van der Waals surface area contributed by atoms with Gasteiger partial charge < -0.3 is 10.1 Å². The molecule has 0 saturated heterocycles. The molecule has 0 saturated carbocycles. The normalized spacial score (nSPS) is 12.7. The standard InChI is InChI=1S/C15H15N3S2/c1-9-5-6-18-12(8-9)17-13(11-4-3-7-20-11)14(18)10(2)15(16)19/h3-8,10H,1-2H3,(H2,16,19). The van der Waals surface area contributed by atoms with E-state index in [9.17, 15) is 0 Å². The highest BCUT2D eigenvalue weighted by molar-refractivity contribution is 7.80. The highest BCUT2D eigenvalue weighted by atomic mass is 32.1. The van der Waals surface area contributed by atoms with Crippen LogP contribution in [-0.2, 0) is 0 Å². The molecule has 102 valence electrons. The predicted octanol–water partition coefficient (Wildman–Crippen LogP) is 3.76. The summed E-state index contributed by atoms with van der Waals surface area (Å²) in [7, 11) is 0. The number of imidazole rings is 1. The van der Waals surface area contributed by atoms with Gasteiger partial charge in [0.15, 0.2) is 0 Å². The van der Waals surface area contributed by atoms with E-state index in [1.54, 1.807) is 11.3 Å². The quantitative estimate of drug-likeness (QED) is 0.749. The maximum Gasteiger partial charge on any atom is 0.137 e. The minimum atomic E-state index is -0.0141. The predicted molar refractivity (Wildman–Crippen MR) is 88.4 cm³/mol. The average Bonchev–Trinajstić information content (AvgIpc) is 3.03. The second-order valence-electron chi connectivity index (χ2n) is 4.88. The maximum atomic E-state index is 5.86. The van der Waals surface area contributed by atoms with Gasteiger partial charge in [-0.15, -0.1) is 11.3 Å². The molecule has 2 N–H and O–H groups in total. The number of thiocarbonyl (C=S) groups is 1. The van der Waals surface area contributed by atoms with E-state index in [1.165, 1.54) is 5.56 Å². The minimum Gasteiger partial charge on any atom is -0.393 e. The van der Waals surface area contributed by atoms with Crippen LogP contribution in [0.15, 0.2) is 35.8 Å². The van der Waals surface area contributed by atoms with Gasteiger partial charge in [0.05, 0.1) is 15.6 Å². The van der Waals surface area contributed by atoms with Crippen molar-refractivity contribution in [3.63, 3.8) is 0 Å². The second kappa shape index (κ2) is 5.00. The van der Waals surface area contributed by atoms with Crippen LogP contribution in [0, 0.1) is 6.92 Å². The molecule has 0 aliphatic heterocycles. The number of aromatic nitrogens is 2. The molecule has 0 amide bonds. The molecule has 0 aromatic carbocycles. The van der Waals surface area contributed by atoms with Crippen LogP contribution in [0.25, 0.3) is 16.2 Å². The van der Waals surface area contributed by atoms with Crippen LogP contribution in [0.4, 0.5) is 0 Å². The van der Waals surface area contributed by atoms with Crippen LogP contribution in [-0.4, -0.2) is 14.4 Å². The summed E-state index contributed by atoms with van der Waals surface area (Å²) in [5, 5.41) is 2.06. The molecule has 5 heteroatoms. The van der Waals surface area contributed by atoms with E-state index in [1.807, 2.05) is 19.2 Å². The third kappa shape index (κ3) is 2.13. The van der Waals surface area contributed by atoms with E-state index < -0.39 is 0 Å². The molecular formula is C15H15N3S2. The Labute approximate surface area is 127 Å². The SMILES string of the molecule is Cc1ccn2c(C(C)C(N)=S)c(-c3cccs3)nc2c1. The molecule has 0 aliphatic rings. The first-order valence-corrected chi connectivity index (χ1v) is 7.68. The number of hydrogen-bond donors (Lipinski definition) is 1. The van der Waals surface area contributed by atoms with Crippen molar-refractivity contribution in [1.82, 2.24) is 9.38 Å². The Morgan fingerprint density at radius 2 is 2.25 bits per heavy atom. The summed E-state index contributed by atoms with van der Waals surface area (Å²) in [5.41, 5.74) is 10.0. The van der Waals surface area contributed by atoms with Gasteiger partial charge in [0.25, 0.3) is 0 Å². The van der Waals surface area contributed by atoms with Gasteiger partial charge in [-0.3, -0.25) is 0 Å². The summed E-state index contributed by atoms with van der Waals surface area (Å²) in [6.45, 7) is 4.10. The van der Waals surface area contributed by atoms with Crippen molar-refractivity contribution in [2.45, 2.75) is 19.8 Å². The summed E-state index contributed by atoms with van der Waals surface area (Å²) in [6, 6.07) is 8.26. The van der Waals surface area contributed by atoms with Crippen molar-refractivity contribution in [2.75, 3.05) is 0 Å². The third-order valence-electron chi connectivity index (χ3n) is 3.41. The molecule has 1 atom stereocenters.